The molecule has 0 spiro atoms. The van der Waals surface area contributed by atoms with Crippen molar-refractivity contribution in [1.29, 1.82) is 0 Å². The Morgan fingerprint density at radius 3 is 1.81 bits per heavy atom. The highest BCUT2D eigenvalue weighted by Gasteiger charge is 2.40. The summed E-state index contributed by atoms with van der Waals surface area (Å²) in [5.41, 5.74) is 8.91. The van der Waals surface area contributed by atoms with E-state index in [1.165, 1.54) is 21.2 Å². The lowest BCUT2D eigenvalue weighted by atomic mass is 9.35. The zero-order valence-electron chi connectivity index (χ0n) is 23.1. The van der Waals surface area contributed by atoms with Gasteiger partial charge in [-0.2, -0.15) is 0 Å². The van der Waals surface area contributed by atoms with E-state index in [0.717, 1.165) is 56.4 Å². The van der Waals surface area contributed by atoms with Gasteiger partial charge in [-0.15, -0.1) is 11.3 Å². The molecule has 7 aromatic rings. The Morgan fingerprint density at radius 1 is 0.535 bits per heavy atom. The molecule has 5 heteroatoms. The fourth-order valence-electron chi connectivity index (χ4n) is 6.64. The number of ether oxygens (including phenoxy) is 2. The molecule has 3 heterocycles. The highest BCUT2D eigenvalue weighted by Crippen LogP contribution is 2.47. The van der Waals surface area contributed by atoms with Gasteiger partial charge in [-0.3, -0.25) is 0 Å². The highest BCUT2D eigenvalue weighted by molar-refractivity contribution is 7.17. The molecule has 0 N–H and O–H groups in total. The van der Waals surface area contributed by atoms with E-state index in [2.05, 4.69) is 138 Å². The molecule has 3 nitrogen and oxygen atoms in total. The molecule has 0 radical (unpaired) electrons. The van der Waals surface area contributed by atoms with Gasteiger partial charge in [0.15, 0.2) is 0 Å². The predicted octanol–water partition coefficient (Wildman–Crippen LogP) is 8.77. The van der Waals surface area contributed by atoms with Crippen LogP contribution in [0.5, 0.6) is 23.0 Å². The van der Waals surface area contributed by atoms with Gasteiger partial charge in [-0.1, -0.05) is 84.9 Å². The van der Waals surface area contributed by atoms with Crippen LogP contribution in [0.15, 0.2) is 145 Å². The molecule has 202 valence electrons. The monoisotopic (exact) mass is 569 g/mol. The zero-order valence-corrected chi connectivity index (χ0v) is 23.9. The van der Waals surface area contributed by atoms with Gasteiger partial charge in [-0.05, 0) is 64.3 Å². The molecular formula is C38H24BNO2S. The Hall–Kier alpha value is -5.26. The van der Waals surface area contributed by atoms with Crippen LogP contribution in [0.1, 0.15) is 0 Å². The second kappa shape index (κ2) is 9.65. The van der Waals surface area contributed by atoms with Crippen molar-refractivity contribution in [2.75, 3.05) is 4.90 Å². The summed E-state index contributed by atoms with van der Waals surface area (Å²) in [5.74, 6) is 3.42. The van der Waals surface area contributed by atoms with E-state index in [9.17, 15) is 0 Å². The van der Waals surface area contributed by atoms with E-state index in [0.29, 0.717) is 0 Å². The summed E-state index contributed by atoms with van der Waals surface area (Å²) in [6.07, 6.45) is 0. The van der Waals surface area contributed by atoms with E-state index in [1.54, 1.807) is 11.3 Å². The minimum Gasteiger partial charge on any atom is -0.458 e. The van der Waals surface area contributed by atoms with Gasteiger partial charge in [0.05, 0.1) is 11.4 Å². The standard InChI is InChI=1S/C38H24BNO2S/c1-3-11-25(12-4-1)37-28-21-22-43-36(28)20-19-31(37)40(26-13-5-2-6-14-26)27-23-34-38-35(24-27)42-33-18-10-8-16-30(33)39(38)29-15-7-9-17-32(29)41-34/h1-24H. The topological polar surface area (TPSA) is 21.7 Å². The Kier molecular flexibility index (Phi) is 5.47. The van der Waals surface area contributed by atoms with E-state index >= 15 is 0 Å². The number of rotatable bonds is 4. The van der Waals surface area contributed by atoms with Crippen LogP contribution in [0.4, 0.5) is 17.1 Å². The number of hydrogen-bond acceptors (Lipinski definition) is 4. The van der Waals surface area contributed by atoms with Gasteiger partial charge in [0.2, 0.25) is 0 Å². The number of anilines is 3. The van der Waals surface area contributed by atoms with Crippen LogP contribution in [-0.4, -0.2) is 6.71 Å². The third-order valence-electron chi connectivity index (χ3n) is 8.47. The third-order valence-corrected chi connectivity index (χ3v) is 9.35. The Morgan fingerprint density at radius 2 is 1.14 bits per heavy atom. The summed E-state index contributed by atoms with van der Waals surface area (Å²) in [5, 5.41) is 3.41. The van der Waals surface area contributed by atoms with Crippen LogP contribution >= 0.6 is 11.3 Å². The average molecular weight is 569 g/mol. The summed E-state index contributed by atoms with van der Waals surface area (Å²) >= 11 is 1.77. The fraction of sp³-hybridized carbons (Fsp3) is 0. The third kappa shape index (κ3) is 3.82. The maximum Gasteiger partial charge on any atom is 0.260 e. The maximum absolute atomic E-state index is 6.67. The molecule has 0 atom stereocenters. The summed E-state index contributed by atoms with van der Waals surface area (Å²) in [4.78, 5) is 2.33. The van der Waals surface area contributed by atoms with Crippen molar-refractivity contribution in [2.45, 2.75) is 0 Å². The zero-order chi connectivity index (χ0) is 28.3. The van der Waals surface area contributed by atoms with Crippen LogP contribution in [0.25, 0.3) is 21.2 Å². The van der Waals surface area contributed by atoms with Crippen molar-refractivity contribution in [3.05, 3.63) is 145 Å². The molecule has 0 fully saturated rings. The quantitative estimate of drug-likeness (QED) is 0.198. The van der Waals surface area contributed by atoms with Gasteiger partial charge in [0, 0.05) is 38.9 Å². The number of thiophene rings is 1. The van der Waals surface area contributed by atoms with Gasteiger partial charge in [0.25, 0.3) is 6.71 Å². The Labute approximate surface area is 254 Å². The summed E-state index contributed by atoms with van der Waals surface area (Å²) in [6.45, 7) is 0.0427. The molecule has 2 aliphatic rings. The first-order valence-corrected chi connectivity index (χ1v) is 15.3. The van der Waals surface area contributed by atoms with Gasteiger partial charge in [0.1, 0.15) is 23.0 Å². The highest BCUT2D eigenvalue weighted by atomic mass is 32.1. The number of benzene rings is 6. The lowest BCUT2D eigenvalue weighted by Gasteiger charge is -2.35. The molecule has 0 unspecified atom stereocenters. The predicted molar refractivity (Wildman–Crippen MR) is 180 cm³/mol. The first-order valence-electron chi connectivity index (χ1n) is 14.5. The van der Waals surface area contributed by atoms with Crippen molar-refractivity contribution < 1.29 is 9.47 Å². The van der Waals surface area contributed by atoms with E-state index < -0.39 is 0 Å². The summed E-state index contributed by atoms with van der Waals surface area (Å²) in [6, 6.07) is 49.0. The minimum atomic E-state index is 0.0427. The molecule has 0 saturated carbocycles. The van der Waals surface area contributed by atoms with Crippen molar-refractivity contribution >= 4 is 61.6 Å². The van der Waals surface area contributed by atoms with E-state index in [-0.39, 0.29) is 6.71 Å². The second-order valence-corrected chi connectivity index (χ2v) is 11.8. The molecular weight excluding hydrogens is 545 g/mol. The van der Waals surface area contributed by atoms with Crippen LogP contribution in [0, 0.1) is 0 Å². The Balaban J connectivity index is 1.32. The van der Waals surface area contributed by atoms with Gasteiger partial charge in [-0.25, -0.2) is 0 Å². The number of fused-ring (bicyclic) bond motifs is 5. The lowest BCUT2D eigenvalue weighted by molar-refractivity contribution is 0.465. The van der Waals surface area contributed by atoms with E-state index in [1.807, 2.05) is 12.1 Å². The molecule has 43 heavy (non-hydrogen) atoms. The number of hydrogen-bond donors (Lipinski definition) is 0. The minimum absolute atomic E-state index is 0.0427. The normalized spacial score (nSPS) is 12.5. The van der Waals surface area contributed by atoms with Crippen LogP contribution in [0.2, 0.25) is 0 Å². The smallest absolute Gasteiger partial charge is 0.260 e. The molecule has 2 aliphatic heterocycles. The molecule has 0 amide bonds. The van der Waals surface area contributed by atoms with Gasteiger partial charge < -0.3 is 14.4 Å². The van der Waals surface area contributed by atoms with Crippen molar-refractivity contribution in [3.8, 4) is 34.1 Å². The molecule has 0 bridgehead atoms. The fourth-order valence-corrected chi connectivity index (χ4v) is 7.43. The first kappa shape index (κ1) is 24.4. The Bertz CT molecular complexity index is 2090. The number of para-hydroxylation sites is 3. The van der Waals surface area contributed by atoms with Crippen LogP contribution in [0.3, 0.4) is 0 Å². The van der Waals surface area contributed by atoms with Crippen LogP contribution in [-0.2, 0) is 0 Å². The van der Waals surface area contributed by atoms with Crippen molar-refractivity contribution in [1.82, 2.24) is 0 Å². The average Bonchev–Trinajstić information content (AvgIpc) is 3.54. The summed E-state index contributed by atoms with van der Waals surface area (Å²) in [7, 11) is 0. The second-order valence-electron chi connectivity index (χ2n) is 10.9. The van der Waals surface area contributed by atoms with Crippen LogP contribution < -0.4 is 30.8 Å². The molecule has 1 aromatic heterocycles. The SMILES string of the molecule is c1ccc(-c2c(N(c3ccccc3)c3cc4c5c(c3)Oc3ccccc3B5c3ccccc3O4)ccc3sccc23)cc1. The molecule has 9 rings (SSSR count). The molecule has 0 aliphatic carbocycles. The van der Waals surface area contributed by atoms with Crippen molar-refractivity contribution in [2.24, 2.45) is 0 Å². The first-order chi connectivity index (χ1) is 21.3. The van der Waals surface area contributed by atoms with Gasteiger partial charge >= 0.3 is 0 Å². The number of nitrogens with zero attached hydrogens (tertiary/aromatic N) is 1. The van der Waals surface area contributed by atoms with Crippen molar-refractivity contribution in [3.63, 3.8) is 0 Å². The largest absolute Gasteiger partial charge is 0.458 e. The molecule has 6 aromatic carbocycles. The summed E-state index contributed by atoms with van der Waals surface area (Å²) < 4.78 is 14.6. The molecule has 0 saturated heterocycles. The maximum atomic E-state index is 6.67. The van der Waals surface area contributed by atoms with E-state index in [4.69, 9.17) is 9.47 Å². The lowest BCUT2D eigenvalue weighted by Crippen LogP contribution is -2.57.